The third-order valence-corrected chi connectivity index (χ3v) is 4.62. The van der Waals surface area contributed by atoms with E-state index in [-0.39, 0.29) is 11.7 Å². The number of benzene rings is 1. The summed E-state index contributed by atoms with van der Waals surface area (Å²) in [6.07, 6.45) is 0. The van der Waals surface area contributed by atoms with Crippen molar-refractivity contribution in [1.82, 2.24) is 14.6 Å². The van der Waals surface area contributed by atoms with Crippen LogP contribution in [0.3, 0.4) is 0 Å². The van der Waals surface area contributed by atoms with Crippen LogP contribution in [0.4, 0.5) is 0 Å². The van der Waals surface area contributed by atoms with Crippen LogP contribution in [0.15, 0.2) is 23.4 Å². The molecule has 0 bridgehead atoms. The lowest BCUT2D eigenvalue weighted by Gasteiger charge is -2.11. The molecule has 0 saturated heterocycles. The fourth-order valence-corrected chi connectivity index (χ4v) is 3.58. The summed E-state index contributed by atoms with van der Waals surface area (Å²) in [6, 6.07) is 6.36. The number of carbonyl (C=O) groups is 1. The van der Waals surface area contributed by atoms with Gasteiger partial charge in [-0.1, -0.05) is 23.4 Å². The average Bonchev–Trinajstić information content (AvgIpc) is 2.88. The number of rotatable bonds is 4. The lowest BCUT2D eigenvalue weighted by atomic mass is 10.0. The van der Waals surface area contributed by atoms with Gasteiger partial charge < -0.3 is 4.74 Å². The zero-order valence-corrected chi connectivity index (χ0v) is 14.5. The monoisotopic (exact) mass is 329 g/mol. The largest absolute Gasteiger partial charge is 0.465 e. The van der Waals surface area contributed by atoms with Gasteiger partial charge in [-0.25, -0.2) is 0 Å². The maximum Gasteiger partial charge on any atom is 0.316 e. The van der Waals surface area contributed by atoms with Crippen molar-refractivity contribution in [3.63, 3.8) is 0 Å². The Morgan fingerprint density at radius 1 is 1.17 bits per heavy atom. The molecule has 23 heavy (non-hydrogen) atoms. The maximum atomic E-state index is 11.6. The molecule has 120 valence electrons. The van der Waals surface area contributed by atoms with Crippen LogP contribution in [-0.4, -0.2) is 32.9 Å². The molecule has 0 aliphatic rings. The summed E-state index contributed by atoms with van der Waals surface area (Å²) in [4.78, 5) is 11.6. The van der Waals surface area contributed by atoms with Crippen molar-refractivity contribution in [2.24, 2.45) is 0 Å². The first-order chi connectivity index (χ1) is 11.0. The molecular weight excluding hydrogens is 310 g/mol. The topological polar surface area (TPSA) is 56.5 Å². The molecule has 3 aromatic rings. The molecule has 0 aliphatic heterocycles. The highest BCUT2D eigenvalue weighted by Crippen LogP contribution is 2.29. The number of carbonyl (C=O) groups excluding carboxylic acids is 1. The molecule has 0 spiro atoms. The van der Waals surface area contributed by atoms with Crippen LogP contribution in [0, 0.1) is 20.8 Å². The first kappa shape index (κ1) is 15.8. The summed E-state index contributed by atoms with van der Waals surface area (Å²) >= 11 is 1.35. The molecule has 0 fully saturated rings. The van der Waals surface area contributed by atoms with E-state index in [1.807, 2.05) is 10.5 Å². The molecule has 6 heteroatoms. The van der Waals surface area contributed by atoms with Crippen LogP contribution >= 0.6 is 11.8 Å². The Bertz CT molecular complexity index is 902. The van der Waals surface area contributed by atoms with Gasteiger partial charge in [0.05, 0.1) is 17.9 Å². The van der Waals surface area contributed by atoms with E-state index in [0.717, 1.165) is 11.2 Å². The van der Waals surface area contributed by atoms with Gasteiger partial charge in [0, 0.05) is 5.39 Å². The van der Waals surface area contributed by atoms with Gasteiger partial charge in [0.15, 0.2) is 10.8 Å². The summed E-state index contributed by atoms with van der Waals surface area (Å²) in [7, 11) is 0. The quantitative estimate of drug-likeness (QED) is 0.542. The van der Waals surface area contributed by atoms with Crippen LogP contribution < -0.4 is 0 Å². The van der Waals surface area contributed by atoms with E-state index >= 15 is 0 Å². The Morgan fingerprint density at radius 2 is 1.96 bits per heavy atom. The van der Waals surface area contributed by atoms with Crippen molar-refractivity contribution in [3.8, 4) is 0 Å². The number of ether oxygens (including phenoxy) is 1. The predicted octanol–water partition coefficient (Wildman–Crippen LogP) is 3.46. The smallest absolute Gasteiger partial charge is 0.316 e. The van der Waals surface area contributed by atoms with E-state index in [1.54, 1.807) is 6.92 Å². The zero-order chi connectivity index (χ0) is 16.6. The molecule has 0 saturated carbocycles. The standard InChI is InChI=1S/C17H19N3O2S/c1-5-22-15(21)9-23-17-19-18-14-8-11(3)13-7-10(2)6-12(4)16(13)20(14)17/h6-8H,5,9H2,1-4H3. The second-order valence-electron chi connectivity index (χ2n) is 5.58. The Hall–Kier alpha value is -2.08. The molecule has 2 aromatic heterocycles. The molecule has 5 nitrogen and oxygen atoms in total. The molecule has 0 unspecified atom stereocenters. The first-order valence-corrected chi connectivity index (χ1v) is 8.54. The molecular formula is C17H19N3O2S. The van der Waals surface area contributed by atoms with Crippen molar-refractivity contribution in [3.05, 3.63) is 34.9 Å². The molecule has 0 radical (unpaired) electrons. The van der Waals surface area contributed by atoms with E-state index in [0.29, 0.717) is 11.8 Å². The van der Waals surface area contributed by atoms with Crippen LogP contribution in [0.5, 0.6) is 0 Å². The zero-order valence-electron chi connectivity index (χ0n) is 13.7. The second-order valence-corrected chi connectivity index (χ2v) is 6.52. The van der Waals surface area contributed by atoms with Gasteiger partial charge in [0.25, 0.3) is 0 Å². The Labute approximate surface area is 139 Å². The highest BCUT2D eigenvalue weighted by Gasteiger charge is 2.15. The number of nitrogens with zero attached hydrogens (tertiary/aromatic N) is 3. The van der Waals surface area contributed by atoms with E-state index in [2.05, 4.69) is 43.1 Å². The molecule has 0 N–H and O–H groups in total. The van der Waals surface area contributed by atoms with Crippen LogP contribution in [-0.2, 0) is 9.53 Å². The lowest BCUT2D eigenvalue weighted by Crippen LogP contribution is -2.07. The Balaban J connectivity index is 2.14. The number of hydrogen-bond donors (Lipinski definition) is 0. The number of thioether (sulfide) groups is 1. The third-order valence-electron chi connectivity index (χ3n) is 3.72. The van der Waals surface area contributed by atoms with E-state index < -0.39 is 0 Å². The van der Waals surface area contributed by atoms with E-state index in [9.17, 15) is 4.79 Å². The Kier molecular flexibility index (Phi) is 4.26. The molecule has 0 aliphatic carbocycles. The minimum atomic E-state index is -0.238. The molecule has 1 aromatic carbocycles. The third kappa shape index (κ3) is 2.91. The normalized spacial score (nSPS) is 11.3. The number of pyridine rings is 1. The average molecular weight is 329 g/mol. The molecule has 2 heterocycles. The van der Waals surface area contributed by atoms with E-state index in [4.69, 9.17) is 4.74 Å². The van der Waals surface area contributed by atoms with Gasteiger partial charge in [0.2, 0.25) is 0 Å². The number of fused-ring (bicyclic) bond motifs is 3. The van der Waals surface area contributed by atoms with Gasteiger partial charge in [-0.3, -0.25) is 9.20 Å². The molecule has 0 amide bonds. The predicted molar refractivity (Wildman–Crippen MR) is 92.1 cm³/mol. The minimum absolute atomic E-state index is 0.231. The van der Waals surface area contributed by atoms with Gasteiger partial charge in [-0.05, 0) is 51.0 Å². The number of esters is 1. The summed E-state index contributed by atoms with van der Waals surface area (Å²) < 4.78 is 7.01. The van der Waals surface area contributed by atoms with Crippen molar-refractivity contribution >= 4 is 34.3 Å². The maximum absolute atomic E-state index is 11.6. The van der Waals surface area contributed by atoms with E-state index in [1.165, 1.54) is 33.8 Å². The second kappa shape index (κ2) is 6.20. The first-order valence-electron chi connectivity index (χ1n) is 7.55. The number of hydrogen-bond acceptors (Lipinski definition) is 5. The highest BCUT2D eigenvalue weighted by molar-refractivity contribution is 7.99. The van der Waals surface area contributed by atoms with Crippen LogP contribution in [0.25, 0.3) is 16.6 Å². The molecule has 3 rings (SSSR count). The SMILES string of the molecule is CCOC(=O)CSc1nnc2cc(C)c3cc(C)cc(C)c3n12. The van der Waals surface area contributed by atoms with Gasteiger partial charge in [-0.15, -0.1) is 10.2 Å². The van der Waals surface area contributed by atoms with Crippen molar-refractivity contribution < 1.29 is 9.53 Å². The fraction of sp³-hybridized carbons (Fsp3) is 0.353. The fourth-order valence-electron chi connectivity index (χ4n) is 2.83. The summed E-state index contributed by atoms with van der Waals surface area (Å²) in [5.74, 6) is -0.00668. The van der Waals surface area contributed by atoms with Crippen molar-refractivity contribution in [2.75, 3.05) is 12.4 Å². The number of aromatic nitrogens is 3. The number of aryl methyl sites for hydroxylation is 3. The van der Waals surface area contributed by atoms with Crippen LogP contribution in [0.2, 0.25) is 0 Å². The van der Waals surface area contributed by atoms with Gasteiger partial charge in [-0.2, -0.15) is 0 Å². The summed E-state index contributed by atoms with van der Waals surface area (Å²) in [5.41, 5.74) is 5.47. The van der Waals surface area contributed by atoms with Crippen molar-refractivity contribution in [2.45, 2.75) is 32.9 Å². The van der Waals surface area contributed by atoms with Crippen LogP contribution in [0.1, 0.15) is 23.6 Å². The summed E-state index contributed by atoms with van der Waals surface area (Å²) in [6.45, 7) is 8.46. The van der Waals surface area contributed by atoms with Crippen molar-refractivity contribution in [1.29, 1.82) is 0 Å². The minimum Gasteiger partial charge on any atom is -0.465 e. The molecule has 0 atom stereocenters. The van der Waals surface area contributed by atoms with Gasteiger partial charge in [0.1, 0.15) is 0 Å². The summed E-state index contributed by atoms with van der Waals surface area (Å²) in [5, 5.41) is 10.4. The highest BCUT2D eigenvalue weighted by atomic mass is 32.2. The lowest BCUT2D eigenvalue weighted by molar-refractivity contribution is -0.139. The Morgan fingerprint density at radius 3 is 2.70 bits per heavy atom. The van der Waals surface area contributed by atoms with Gasteiger partial charge >= 0.3 is 5.97 Å².